The van der Waals surface area contributed by atoms with Gasteiger partial charge >= 0.3 is 0 Å². The summed E-state index contributed by atoms with van der Waals surface area (Å²) in [6.45, 7) is 8.57. The minimum absolute atomic E-state index is 0.146. The van der Waals surface area contributed by atoms with Crippen LogP contribution in [0.4, 0.5) is 0 Å². The molecule has 0 saturated carbocycles. The number of benzene rings is 1. The van der Waals surface area contributed by atoms with Crippen molar-refractivity contribution >= 4 is 5.91 Å². The Morgan fingerprint density at radius 1 is 1.30 bits per heavy atom. The lowest BCUT2D eigenvalue weighted by molar-refractivity contribution is -0.150. The summed E-state index contributed by atoms with van der Waals surface area (Å²) in [5, 5.41) is 0. The second kappa shape index (κ2) is 7.75. The van der Waals surface area contributed by atoms with Gasteiger partial charge in [0.1, 0.15) is 6.10 Å². The first-order valence-electron chi connectivity index (χ1n) is 8.58. The van der Waals surface area contributed by atoms with E-state index in [2.05, 4.69) is 29.7 Å². The van der Waals surface area contributed by atoms with Crippen LogP contribution in [0.5, 0.6) is 0 Å². The maximum absolute atomic E-state index is 12.8. The second-order valence-electron chi connectivity index (χ2n) is 6.37. The molecule has 2 heterocycles. The number of hydrogen-bond donors (Lipinski definition) is 0. The standard InChI is InChI=1S/C19H26N2O2/c1-2-3-6-10-20-12-13-23-18(15-20)19(22)21-11-9-16-7-4-5-8-17(16)14-21/h2,4-5,7-8,18H,1,3,6,9-15H2. The maximum atomic E-state index is 12.8. The van der Waals surface area contributed by atoms with E-state index >= 15 is 0 Å². The summed E-state index contributed by atoms with van der Waals surface area (Å²) in [6, 6.07) is 8.40. The van der Waals surface area contributed by atoms with Crippen molar-refractivity contribution in [3.8, 4) is 0 Å². The number of fused-ring (bicyclic) bond motifs is 1. The van der Waals surface area contributed by atoms with Crippen LogP contribution in [-0.2, 0) is 22.5 Å². The zero-order chi connectivity index (χ0) is 16.1. The summed E-state index contributed by atoms with van der Waals surface area (Å²) in [7, 11) is 0. The number of amides is 1. The van der Waals surface area contributed by atoms with Crippen molar-refractivity contribution in [2.75, 3.05) is 32.8 Å². The third-order valence-electron chi connectivity index (χ3n) is 4.75. The van der Waals surface area contributed by atoms with E-state index in [1.54, 1.807) is 0 Å². The van der Waals surface area contributed by atoms with Crippen LogP contribution in [0.2, 0.25) is 0 Å². The van der Waals surface area contributed by atoms with E-state index in [0.29, 0.717) is 19.7 Å². The molecule has 1 aromatic carbocycles. The van der Waals surface area contributed by atoms with Crippen molar-refractivity contribution in [1.82, 2.24) is 9.80 Å². The van der Waals surface area contributed by atoms with Gasteiger partial charge in [0.2, 0.25) is 0 Å². The highest BCUT2D eigenvalue weighted by Crippen LogP contribution is 2.20. The molecule has 0 aliphatic carbocycles. The molecule has 23 heavy (non-hydrogen) atoms. The largest absolute Gasteiger partial charge is 0.366 e. The minimum Gasteiger partial charge on any atom is -0.366 e. The molecule has 1 atom stereocenters. The van der Waals surface area contributed by atoms with Crippen molar-refractivity contribution in [3.05, 3.63) is 48.0 Å². The topological polar surface area (TPSA) is 32.8 Å². The minimum atomic E-state index is -0.308. The Bertz CT molecular complexity index is 558. The van der Waals surface area contributed by atoms with Crippen molar-refractivity contribution in [1.29, 1.82) is 0 Å². The average Bonchev–Trinajstić information content (AvgIpc) is 2.61. The average molecular weight is 314 g/mol. The van der Waals surface area contributed by atoms with Crippen molar-refractivity contribution < 1.29 is 9.53 Å². The van der Waals surface area contributed by atoms with Crippen LogP contribution in [0.15, 0.2) is 36.9 Å². The Kier molecular flexibility index (Phi) is 5.47. The summed E-state index contributed by atoms with van der Waals surface area (Å²) in [5.41, 5.74) is 2.64. The fraction of sp³-hybridized carbons (Fsp3) is 0.526. The van der Waals surface area contributed by atoms with Gasteiger partial charge in [0.25, 0.3) is 5.91 Å². The van der Waals surface area contributed by atoms with Gasteiger partial charge in [0.05, 0.1) is 6.61 Å². The Hall–Kier alpha value is -1.65. The first kappa shape index (κ1) is 16.2. The van der Waals surface area contributed by atoms with Gasteiger partial charge in [-0.3, -0.25) is 9.69 Å². The molecule has 3 rings (SSSR count). The van der Waals surface area contributed by atoms with Crippen LogP contribution in [0.25, 0.3) is 0 Å². The number of hydrogen-bond acceptors (Lipinski definition) is 3. The smallest absolute Gasteiger partial charge is 0.253 e. The third kappa shape index (κ3) is 4.01. The summed E-state index contributed by atoms with van der Waals surface area (Å²) < 4.78 is 5.76. The maximum Gasteiger partial charge on any atom is 0.253 e. The number of ether oxygens (including phenoxy) is 1. The third-order valence-corrected chi connectivity index (χ3v) is 4.75. The van der Waals surface area contributed by atoms with Gasteiger partial charge in [-0.15, -0.1) is 6.58 Å². The second-order valence-corrected chi connectivity index (χ2v) is 6.37. The molecule has 1 aromatic rings. The predicted octanol–water partition coefficient (Wildman–Crippen LogP) is 2.24. The molecule has 1 amide bonds. The van der Waals surface area contributed by atoms with Crippen LogP contribution >= 0.6 is 0 Å². The van der Waals surface area contributed by atoms with Gasteiger partial charge in [-0.05, 0) is 36.9 Å². The lowest BCUT2D eigenvalue weighted by atomic mass is 9.99. The summed E-state index contributed by atoms with van der Waals surface area (Å²) in [4.78, 5) is 17.1. The number of rotatable bonds is 5. The van der Waals surface area contributed by atoms with Crippen LogP contribution in [0.1, 0.15) is 24.0 Å². The molecule has 4 nitrogen and oxygen atoms in total. The van der Waals surface area contributed by atoms with Crippen LogP contribution in [0, 0.1) is 0 Å². The molecule has 1 saturated heterocycles. The van der Waals surface area contributed by atoms with E-state index in [1.807, 2.05) is 17.0 Å². The Balaban J connectivity index is 1.56. The van der Waals surface area contributed by atoms with E-state index < -0.39 is 0 Å². The van der Waals surface area contributed by atoms with E-state index in [4.69, 9.17) is 4.74 Å². The Labute approximate surface area is 138 Å². The molecule has 2 aliphatic heterocycles. The van der Waals surface area contributed by atoms with Gasteiger partial charge in [-0.1, -0.05) is 30.3 Å². The number of morpholine rings is 1. The van der Waals surface area contributed by atoms with Gasteiger partial charge in [0.15, 0.2) is 0 Å². The highest BCUT2D eigenvalue weighted by atomic mass is 16.5. The molecule has 1 unspecified atom stereocenters. The van der Waals surface area contributed by atoms with Crippen molar-refractivity contribution in [3.63, 3.8) is 0 Å². The molecule has 0 radical (unpaired) electrons. The zero-order valence-electron chi connectivity index (χ0n) is 13.7. The summed E-state index contributed by atoms with van der Waals surface area (Å²) in [5.74, 6) is 0.146. The fourth-order valence-electron chi connectivity index (χ4n) is 3.40. The highest BCUT2D eigenvalue weighted by molar-refractivity contribution is 5.81. The molecule has 124 valence electrons. The lowest BCUT2D eigenvalue weighted by Gasteiger charge is -2.36. The van der Waals surface area contributed by atoms with Crippen LogP contribution in [0.3, 0.4) is 0 Å². The van der Waals surface area contributed by atoms with Gasteiger partial charge in [-0.2, -0.15) is 0 Å². The van der Waals surface area contributed by atoms with Gasteiger partial charge in [0, 0.05) is 26.2 Å². The number of carbonyl (C=O) groups is 1. The van der Waals surface area contributed by atoms with E-state index in [-0.39, 0.29) is 12.0 Å². The number of allylic oxidation sites excluding steroid dienone is 1. The quantitative estimate of drug-likeness (QED) is 0.617. The molecule has 2 aliphatic rings. The Morgan fingerprint density at radius 2 is 2.13 bits per heavy atom. The monoisotopic (exact) mass is 314 g/mol. The first-order valence-corrected chi connectivity index (χ1v) is 8.58. The number of carbonyl (C=O) groups excluding carboxylic acids is 1. The van der Waals surface area contributed by atoms with Gasteiger partial charge in [-0.25, -0.2) is 0 Å². The highest BCUT2D eigenvalue weighted by Gasteiger charge is 2.31. The lowest BCUT2D eigenvalue weighted by Crippen LogP contribution is -2.52. The van der Waals surface area contributed by atoms with E-state index in [1.165, 1.54) is 11.1 Å². The predicted molar refractivity (Wildman–Crippen MR) is 91.2 cm³/mol. The van der Waals surface area contributed by atoms with E-state index in [9.17, 15) is 4.79 Å². The summed E-state index contributed by atoms with van der Waals surface area (Å²) in [6.07, 6.45) is 4.71. The zero-order valence-corrected chi connectivity index (χ0v) is 13.7. The fourth-order valence-corrected chi connectivity index (χ4v) is 3.40. The van der Waals surface area contributed by atoms with Crippen molar-refractivity contribution in [2.24, 2.45) is 0 Å². The van der Waals surface area contributed by atoms with Crippen LogP contribution < -0.4 is 0 Å². The SMILES string of the molecule is C=CCCCN1CCOC(C(=O)N2CCc3ccccc3C2)C1. The molecule has 0 spiro atoms. The molecule has 4 heteroatoms. The summed E-state index contributed by atoms with van der Waals surface area (Å²) >= 11 is 0. The van der Waals surface area contributed by atoms with Crippen LogP contribution in [-0.4, -0.2) is 54.6 Å². The first-order chi connectivity index (χ1) is 11.3. The molecular weight excluding hydrogens is 288 g/mol. The Morgan fingerprint density at radius 3 is 2.96 bits per heavy atom. The number of unbranched alkanes of at least 4 members (excludes halogenated alkanes) is 1. The molecular formula is C19H26N2O2. The molecule has 1 fully saturated rings. The normalized spacial score (nSPS) is 21.7. The molecule has 0 N–H and O–H groups in total. The van der Waals surface area contributed by atoms with Crippen molar-refractivity contribution in [2.45, 2.75) is 31.9 Å². The molecule has 0 bridgehead atoms. The van der Waals surface area contributed by atoms with E-state index in [0.717, 1.165) is 38.9 Å². The molecule has 0 aromatic heterocycles. The number of nitrogens with zero attached hydrogens (tertiary/aromatic N) is 2. The van der Waals surface area contributed by atoms with Gasteiger partial charge < -0.3 is 9.64 Å².